The van der Waals surface area contributed by atoms with Gasteiger partial charge in [-0.15, -0.1) is 11.3 Å². The smallest absolute Gasteiger partial charge is 0.346 e. The van der Waals surface area contributed by atoms with E-state index >= 15 is 0 Å². The van der Waals surface area contributed by atoms with Gasteiger partial charge in [-0.1, -0.05) is 13.8 Å². The Bertz CT molecular complexity index is 304. The number of aromatic carboxylic acids is 1. The second-order valence-electron chi connectivity index (χ2n) is 2.79. The zero-order valence-electron chi connectivity index (χ0n) is 6.80. The first-order valence-electron chi connectivity index (χ1n) is 3.55. The van der Waals surface area contributed by atoms with Crippen molar-refractivity contribution >= 4 is 33.2 Å². The van der Waals surface area contributed by atoms with Gasteiger partial charge in [0, 0.05) is 0 Å². The SMILES string of the molecule is CC(C)c1cc(Br)sc1C(=O)O. The van der Waals surface area contributed by atoms with Gasteiger partial charge in [0.15, 0.2) is 0 Å². The van der Waals surface area contributed by atoms with Crippen LogP contribution in [0.15, 0.2) is 9.85 Å². The van der Waals surface area contributed by atoms with Crippen LogP contribution in [0.5, 0.6) is 0 Å². The Balaban J connectivity index is 3.17. The minimum atomic E-state index is -0.839. The van der Waals surface area contributed by atoms with Crippen LogP contribution in [0.25, 0.3) is 0 Å². The van der Waals surface area contributed by atoms with Crippen molar-refractivity contribution in [2.24, 2.45) is 0 Å². The van der Waals surface area contributed by atoms with Crippen LogP contribution < -0.4 is 0 Å². The molecule has 2 nitrogen and oxygen atoms in total. The van der Waals surface area contributed by atoms with Crippen molar-refractivity contribution in [1.82, 2.24) is 0 Å². The van der Waals surface area contributed by atoms with Crippen molar-refractivity contribution in [3.8, 4) is 0 Å². The van der Waals surface area contributed by atoms with Crippen LogP contribution in [-0.2, 0) is 0 Å². The lowest BCUT2D eigenvalue weighted by Gasteiger charge is -2.01. The van der Waals surface area contributed by atoms with Gasteiger partial charge in [-0.05, 0) is 33.5 Å². The summed E-state index contributed by atoms with van der Waals surface area (Å²) in [5.74, 6) is -0.576. The molecule has 1 N–H and O–H groups in total. The highest BCUT2D eigenvalue weighted by Gasteiger charge is 2.16. The summed E-state index contributed by atoms with van der Waals surface area (Å²) in [6, 6.07) is 1.87. The normalized spacial score (nSPS) is 10.7. The van der Waals surface area contributed by atoms with Crippen molar-refractivity contribution in [3.05, 3.63) is 20.3 Å². The topological polar surface area (TPSA) is 37.3 Å². The molecule has 0 aromatic carbocycles. The number of carbonyl (C=O) groups is 1. The van der Waals surface area contributed by atoms with Crippen LogP contribution in [0, 0.1) is 0 Å². The average Bonchev–Trinajstić information content (AvgIpc) is 2.31. The molecule has 0 spiro atoms. The minimum Gasteiger partial charge on any atom is -0.477 e. The molecular formula is C8H9BrO2S. The minimum absolute atomic E-state index is 0.263. The van der Waals surface area contributed by atoms with Gasteiger partial charge in [-0.3, -0.25) is 0 Å². The van der Waals surface area contributed by atoms with Gasteiger partial charge >= 0.3 is 5.97 Å². The molecule has 0 saturated heterocycles. The Morgan fingerprint density at radius 1 is 1.67 bits per heavy atom. The fourth-order valence-electron chi connectivity index (χ4n) is 0.970. The summed E-state index contributed by atoms with van der Waals surface area (Å²) in [4.78, 5) is 11.2. The Morgan fingerprint density at radius 3 is 2.58 bits per heavy atom. The lowest BCUT2D eigenvalue weighted by atomic mass is 10.1. The standard InChI is InChI=1S/C8H9BrO2S/c1-4(2)5-3-6(9)12-7(5)8(10)11/h3-4H,1-2H3,(H,10,11). The maximum Gasteiger partial charge on any atom is 0.346 e. The third kappa shape index (κ3) is 1.87. The quantitative estimate of drug-likeness (QED) is 0.872. The molecule has 0 aliphatic carbocycles. The maximum absolute atomic E-state index is 10.7. The third-order valence-electron chi connectivity index (χ3n) is 1.55. The Morgan fingerprint density at radius 2 is 2.25 bits per heavy atom. The van der Waals surface area contributed by atoms with E-state index in [1.54, 1.807) is 0 Å². The van der Waals surface area contributed by atoms with E-state index in [4.69, 9.17) is 5.11 Å². The van der Waals surface area contributed by atoms with E-state index in [9.17, 15) is 4.79 Å². The first kappa shape index (κ1) is 9.74. The molecule has 1 heterocycles. The Labute approximate surface area is 83.4 Å². The molecule has 4 heteroatoms. The summed E-state index contributed by atoms with van der Waals surface area (Å²) in [6.07, 6.45) is 0. The van der Waals surface area contributed by atoms with Gasteiger partial charge in [0.2, 0.25) is 0 Å². The number of halogens is 1. The van der Waals surface area contributed by atoms with Gasteiger partial charge in [-0.2, -0.15) is 0 Å². The largest absolute Gasteiger partial charge is 0.477 e. The molecule has 1 rings (SSSR count). The van der Waals surface area contributed by atoms with E-state index < -0.39 is 5.97 Å². The van der Waals surface area contributed by atoms with Crippen molar-refractivity contribution in [2.45, 2.75) is 19.8 Å². The lowest BCUT2D eigenvalue weighted by molar-refractivity contribution is 0.0700. The lowest BCUT2D eigenvalue weighted by Crippen LogP contribution is -1.98. The highest BCUT2D eigenvalue weighted by Crippen LogP contribution is 2.31. The van der Waals surface area contributed by atoms with Crippen molar-refractivity contribution in [2.75, 3.05) is 0 Å². The molecule has 0 atom stereocenters. The van der Waals surface area contributed by atoms with Crippen molar-refractivity contribution in [3.63, 3.8) is 0 Å². The predicted molar refractivity (Wildman–Crippen MR) is 53.1 cm³/mol. The van der Waals surface area contributed by atoms with Gasteiger partial charge in [0.25, 0.3) is 0 Å². The molecule has 12 heavy (non-hydrogen) atoms. The Hall–Kier alpha value is -0.350. The van der Waals surface area contributed by atoms with Crippen molar-refractivity contribution < 1.29 is 9.90 Å². The van der Waals surface area contributed by atoms with E-state index in [2.05, 4.69) is 15.9 Å². The first-order valence-corrected chi connectivity index (χ1v) is 5.16. The number of thiophene rings is 1. The second kappa shape index (κ2) is 3.58. The molecule has 66 valence electrons. The molecule has 0 saturated carbocycles. The Kier molecular flexibility index (Phi) is 2.90. The van der Waals surface area contributed by atoms with Gasteiger partial charge in [0.1, 0.15) is 4.88 Å². The first-order chi connectivity index (χ1) is 5.52. The third-order valence-corrected chi connectivity index (χ3v) is 3.19. The van der Waals surface area contributed by atoms with Crippen LogP contribution in [0.2, 0.25) is 0 Å². The van der Waals surface area contributed by atoms with Crippen LogP contribution in [-0.4, -0.2) is 11.1 Å². The van der Waals surface area contributed by atoms with E-state index in [1.807, 2.05) is 19.9 Å². The summed E-state index contributed by atoms with van der Waals surface area (Å²) in [5.41, 5.74) is 0.902. The summed E-state index contributed by atoms with van der Waals surface area (Å²) in [7, 11) is 0. The molecule has 0 unspecified atom stereocenters. The fourth-order valence-corrected chi connectivity index (χ4v) is 2.58. The molecule has 0 amide bonds. The number of hydrogen-bond donors (Lipinski definition) is 1. The molecular weight excluding hydrogens is 240 g/mol. The predicted octanol–water partition coefficient (Wildman–Crippen LogP) is 3.33. The molecule has 0 aliphatic heterocycles. The molecule has 0 aliphatic rings. The van der Waals surface area contributed by atoms with E-state index in [0.29, 0.717) is 4.88 Å². The summed E-state index contributed by atoms with van der Waals surface area (Å²) in [6.45, 7) is 3.97. The molecule has 0 bridgehead atoms. The van der Waals surface area contributed by atoms with Gasteiger partial charge in [0.05, 0.1) is 3.79 Å². The molecule has 1 aromatic rings. The van der Waals surface area contributed by atoms with E-state index in [1.165, 1.54) is 11.3 Å². The zero-order valence-corrected chi connectivity index (χ0v) is 9.20. The van der Waals surface area contributed by atoms with Gasteiger partial charge < -0.3 is 5.11 Å². The zero-order chi connectivity index (χ0) is 9.30. The highest BCUT2D eigenvalue weighted by molar-refractivity contribution is 9.11. The fraction of sp³-hybridized carbons (Fsp3) is 0.375. The molecule has 1 aromatic heterocycles. The number of carboxylic acids is 1. The average molecular weight is 249 g/mol. The molecule has 0 radical (unpaired) electrons. The van der Waals surface area contributed by atoms with Crippen molar-refractivity contribution in [1.29, 1.82) is 0 Å². The number of hydrogen-bond acceptors (Lipinski definition) is 2. The summed E-state index contributed by atoms with van der Waals surface area (Å²) < 4.78 is 0.878. The van der Waals surface area contributed by atoms with E-state index in [-0.39, 0.29) is 5.92 Å². The van der Waals surface area contributed by atoms with Crippen LogP contribution in [0.1, 0.15) is 35.0 Å². The van der Waals surface area contributed by atoms with Crippen LogP contribution in [0.3, 0.4) is 0 Å². The second-order valence-corrected chi connectivity index (χ2v) is 5.23. The number of carboxylic acid groups (broad SMARTS) is 1. The van der Waals surface area contributed by atoms with Crippen LogP contribution >= 0.6 is 27.3 Å². The van der Waals surface area contributed by atoms with Crippen LogP contribution in [0.4, 0.5) is 0 Å². The highest BCUT2D eigenvalue weighted by atomic mass is 79.9. The maximum atomic E-state index is 10.7. The monoisotopic (exact) mass is 248 g/mol. The molecule has 0 fully saturated rings. The van der Waals surface area contributed by atoms with Gasteiger partial charge in [-0.25, -0.2) is 4.79 Å². The summed E-state index contributed by atoms with van der Waals surface area (Å²) >= 11 is 4.54. The number of rotatable bonds is 2. The summed E-state index contributed by atoms with van der Waals surface area (Å²) in [5, 5.41) is 8.82. The van der Waals surface area contributed by atoms with E-state index in [0.717, 1.165) is 9.35 Å².